The normalized spacial score (nSPS) is 13.0. The first-order valence-corrected chi connectivity index (χ1v) is 8.25. The molecule has 0 unspecified atom stereocenters. The number of amides is 3. The fourth-order valence-electron chi connectivity index (χ4n) is 2.39. The highest BCUT2D eigenvalue weighted by Gasteiger charge is 2.24. The number of nitrogens with one attached hydrogen (secondary N) is 2. The van der Waals surface area contributed by atoms with Gasteiger partial charge in [0.15, 0.2) is 5.75 Å². The Morgan fingerprint density at radius 1 is 1.08 bits per heavy atom. The molecule has 0 radical (unpaired) electrons. The average Bonchev–Trinajstić information content (AvgIpc) is 3.39. The van der Waals surface area contributed by atoms with Gasteiger partial charge in [-0.25, -0.2) is 4.79 Å². The third-order valence-electron chi connectivity index (χ3n) is 3.79. The fraction of sp³-hybridized carbons (Fsp3) is 0.263. The van der Waals surface area contributed by atoms with Crippen LogP contribution in [0.5, 0.6) is 11.5 Å². The van der Waals surface area contributed by atoms with Gasteiger partial charge in [-0.1, -0.05) is 30.3 Å². The SMILES string of the molecule is CN(CC(=O)NC(=O)NC1CC1)c1ccccc1Oc1ccccc1. The number of rotatable bonds is 6. The third-order valence-corrected chi connectivity index (χ3v) is 3.79. The third kappa shape index (κ3) is 4.97. The van der Waals surface area contributed by atoms with Crippen molar-refractivity contribution in [3.63, 3.8) is 0 Å². The van der Waals surface area contributed by atoms with Crippen LogP contribution in [0.15, 0.2) is 54.6 Å². The van der Waals surface area contributed by atoms with Gasteiger partial charge in [0.2, 0.25) is 5.91 Å². The molecule has 1 saturated carbocycles. The Kier molecular flexibility index (Phi) is 5.18. The summed E-state index contributed by atoms with van der Waals surface area (Å²) in [4.78, 5) is 25.4. The van der Waals surface area contributed by atoms with Gasteiger partial charge in [-0.2, -0.15) is 0 Å². The lowest BCUT2D eigenvalue weighted by atomic mass is 10.2. The Balaban J connectivity index is 1.62. The van der Waals surface area contributed by atoms with Crippen molar-refractivity contribution in [1.82, 2.24) is 10.6 Å². The molecule has 130 valence electrons. The van der Waals surface area contributed by atoms with Crippen LogP contribution in [0.2, 0.25) is 0 Å². The second-order valence-corrected chi connectivity index (χ2v) is 6.03. The zero-order valence-corrected chi connectivity index (χ0v) is 14.1. The van der Waals surface area contributed by atoms with Gasteiger partial charge in [-0.3, -0.25) is 10.1 Å². The number of hydrogen-bond acceptors (Lipinski definition) is 4. The largest absolute Gasteiger partial charge is 0.455 e. The summed E-state index contributed by atoms with van der Waals surface area (Å²) in [6, 6.07) is 16.7. The van der Waals surface area contributed by atoms with E-state index < -0.39 is 6.03 Å². The smallest absolute Gasteiger partial charge is 0.321 e. The summed E-state index contributed by atoms with van der Waals surface area (Å²) in [6.45, 7) is 0.0489. The molecule has 3 rings (SSSR count). The van der Waals surface area contributed by atoms with Crippen molar-refractivity contribution in [2.45, 2.75) is 18.9 Å². The molecule has 25 heavy (non-hydrogen) atoms. The van der Waals surface area contributed by atoms with Crippen LogP contribution in [0, 0.1) is 0 Å². The summed E-state index contributed by atoms with van der Waals surface area (Å²) in [5, 5.41) is 5.08. The molecular formula is C19H21N3O3. The molecule has 0 heterocycles. The van der Waals surface area contributed by atoms with E-state index in [1.165, 1.54) is 0 Å². The van der Waals surface area contributed by atoms with Crippen LogP contribution in [-0.2, 0) is 4.79 Å². The number of hydrogen-bond donors (Lipinski definition) is 2. The van der Waals surface area contributed by atoms with Gasteiger partial charge in [0.05, 0.1) is 12.2 Å². The Bertz CT molecular complexity index is 745. The number of anilines is 1. The predicted molar refractivity (Wildman–Crippen MR) is 95.9 cm³/mol. The monoisotopic (exact) mass is 339 g/mol. The lowest BCUT2D eigenvalue weighted by Crippen LogP contribution is -2.44. The van der Waals surface area contributed by atoms with Gasteiger partial charge in [-0.05, 0) is 37.1 Å². The molecule has 0 atom stereocenters. The Hall–Kier alpha value is -3.02. The number of carbonyl (C=O) groups is 2. The molecule has 3 amide bonds. The first kappa shape index (κ1) is 16.8. The molecule has 6 nitrogen and oxygen atoms in total. The zero-order valence-electron chi connectivity index (χ0n) is 14.1. The maximum absolute atomic E-state index is 12.1. The molecule has 2 N–H and O–H groups in total. The summed E-state index contributed by atoms with van der Waals surface area (Å²) in [5.74, 6) is 0.998. The Morgan fingerprint density at radius 2 is 1.76 bits per heavy atom. The van der Waals surface area contributed by atoms with Crippen LogP contribution >= 0.6 is 0 Å². The predicted octanol–water partition coefficient (Wildman–Crippen LogP) is 2.90. The molecule has 2 aromatic carbocycles. The number of ether oxygens (including phenoxy) is 1. The maximum Gasteiger partial charge on any atom is 0.321 e. The van der Waals surface area contributed by atoms with Crippen LogP contribution in [-0.4, -0.2) is 31.6 Å². The molecule has 0 saturated heterocycles. The van der Waals surface area contributed by atoms with Gasteiger partial charge < -0.3 is 15.0 Å². The van der Waals surface area contributed by atoms with Gasteiger partial charge in [0, 0.05) is 13.1 Å². The zero-order chi connectivity index (χ0) is 17.6. The number of likely N-dealkylation sites (N-methyl/N-ethyl adjacent to an activating group) is 1. The fourth-order valence-corrected chi connectivity index (χ4v) is 2.39. The standard InChI is InChI=1S/C19H21N3O3/c1-22(13-18(23)21-19(24)20-14-11-12-14)16-9-5-6-10-17(16)25-15-7-3-2-4-8-15/h2-10,14H,11-13H2,1H3,(H2,20,21,23,24). The highest BCUT2D eigenvalue weighted by Crippen LogP contribution is 2.31. The number of carbonyl (C=O) groups excluding carboxylic acids is 2. The molecule has 1 fully saturated rings. The van der Waals surface area contributed by atoms with E-state index in [9.17, 15) is 9.59 Å². The summed E-state index contributed by atoms with van der Waals surface area (Å²) < 4.78 is 5.90. The van der Waals surface area contributed by atoms with Gasteiger partial charge in [0.1, 0.15) is 5.75 Å². The molecule has 1 aliphatic rings. The second kappa shape index (κ2) is 7.70. The lowest BCUT2D eigenvalue weighted by Gasteiger charge is -2.21. The van der Waals surface area contributed by atoms with Crippen molar-refractivity contribution < 1.29 is 14.3 Å². The van der Waals surface area contributed by atoms with Crippen molar-refractivity contribution in [3.05, 3.63) is 54.6 Å². The van der Waals surface area contributed by atoms with Gasteiger partial charge in [-0.15, -0.1) is 0 Å². The van der Waals surface area contributed by atoms with Crippen molar-refractivity contribution in [3.8, 4) is 11.5 Å². The first-order chi connectivity index (χ1) is 12.1. The maximum atomic E-state index is 12.1. The molecule has 0 aromatic heterocycles. The molecule has 0 bridgehead atoms. The van der Waals surface area contributed by atoms with Crippen LogP contribution in [0.4, 0.5) is 10.5 Å². The number of para-hydroxylation sites is 3. The van der Waals surface area contributed by atoms with Crippen molar-refractivity contribution >= 4 is 17.6 Å². The molecular weight excluding hydrogens is 318 g/mol. The Morgan fingerprint density at radius 3 is 2.48 bits per heavy atom. The van der Waals surface area contributed by atoms with Crippen LogP contribution < -0.4 is 20.3 Å². The van der Waals surface area contributed by atoms with E-state index in [4.69, 9.17) is 4.74 Å². The topological polar surface area (TPSA) is 70.7 Å². The minimum absolute atomic E-state index is 0.0489. The highest BCUT2D eigenvalue weighted by molar-refractivity contribution is 5.96. The van der Waals surface area contributed by atoms with Crippen LogP contribution in [0.3, 0.4) is 0 Å². The van der Waals surface area contributed by atoms with E-state index in [0.29, 0.717) is 5.75 Å². The second-order valence-electron chi connectivity index (χ2n) is 6.03. The Labute approximate surface area is 146 Å². The lowest BCUT2D eigenvalue weighted by molar-refractivity contribution is -0.118. The molecule has 0 aliphatic heterocycles. The minimum atomic E-state index is -0.435. The van der Waals surface area contributed by atoms with Crippen LogP contribution in [0.25, 0.3) is 0 Å². The van der Waals surface area contributed by atoms with Crippen molar-refractivity contribution in [2.24, 2.45) is 0 Å². The summed E-state index contributed by atoms with van der Waals surface area (Å²) in [6.07, 6.45) is 1.96. The summed E-state index contributed by atoms with van der Waals surface area (Å²) >= 11 is 0. The van der Waals surface area contributed by atoms with E-state index in [-0.39, 0.29) is 18.5 Å². The summed E-state index contributed by atoms with van der Waals surface area (Å²) in [5.41, 5.74) is 0.768. The van der Waals surface area contributed by atoms with Crippen molar-refractivity contribution in [1.29, 1.82) is 0 Å². The number of urea groups is 1. The van der Waals surface area contributed by atoms with Crippen molar-refractivity contribution in [2.75, 3.05) is 18.5 Å². The van der Waals surface area contributed by atoms with E-state index in [2.05, 4.69) is 10.6 Å². The van der Waals surface area contributed by atoms with E-state index in [0.717, 1.165) is 24.3 Å². The quantitative estimate of drug-likeness (QED) is 0.849. The number of benzene rings is 2. The number of imide groups is 1. The van der Waals surface area contributed by atoms with E-state index >= 15 is 0 Å². The first-order valence-electron chi connectivity index (χ1n) is 8.25. The highest BCUT2D eigenvalue weighted by atomic mass is 16.5. The average molecular weight is 339 g/mol. The summed E-state index contributed by atoms with van der Waals surface area (Å²) in [7, 11) is 1.78. The van der Waals surface area contributed by atoms with E-state index in [1.807, 2.05) is 54.6 Å². The molecule has 2 aromatic rings. The number of nitrogens with zero attached hydrogens (tertiary/aromatic N) is 1. The van der Waals surface area contributed by atoms with Crippen LogP contribution in [0.1, 0.15) is 12.8 Å². The molecule has 1 aliphatic carbocycles. The van der Waals surface area contributed by atoms with Gasteiger partial charge in [0.25, 0.3) is 0 Å². The molecule has 0 spiro atoms. The van der Waals surface area contributed by atoms with Gasteiger partial charge >= 0.3 is 6.03 Å². The van der Waals surface area contributed by atoms with E-state index in [1.54, 1.807) is 11.9 Å². The molecule has 6 heteroatoms. The minimum Gasteiger partial charge on any atom is -0.455 e.